The minimum atomic E-state index is 0.905. The molecule has 1 heterocycles. The summed E-state index contributed by atoms with van der Waals surface area (Å²) >= 11 is 1.68. The first kappa shape index (κ1) is 13.1. The predicted molar refractivity (Wildman–Crippen MR) is 74.6 cm³/mol. The van der Waals surface area contributed by atoms with E-state index in [1.165, 1.54) is 10.5 Å². The van der Waals surface area contributed by atoms with Crippen molar-refractivity contribution in [2.45, 2.75) is 29.8 Å². The van der Waals surface area contributed by atoms with Crippen LogP contribution >= 0.6 is 11.8 Å². The summed E-state index contributed by atoms with van der Waals surface area (Å²) in [4.78, 5) is 9.43. The fourth-order valence-corrected chi connectivity index (χ4v) is 2.47. The predicted octanol–water partition coefficient (Wildman–Crippen LogP) is 3.13. The summed E-state index contributed by atoms with van der Waals surface area (Å²) in [6, 6.07) is 10.4. The molecule has 0 bridgehead atoms. The second kappa shape index (κ2) is 7.13. The number of nitrogens with one attached hydrogen (secondary N) is 1. The molecule has 0 spiro atoms. The summed E-state index contributed by atoms with van der Waals surface area (Å²) in [5.74, 6) is 0. The van der Waals surface area contributed by atoms with Crippen molar-refractivity contribution in [3.8, 4) is 0 Å². The summed E-state index contributed by atoms with van der Waals surface area (Å²) in [5, 5.41) is 4.41. The summed E-state index contributed by atoms with van der Waals surface area (Å²) in [6.45, 7) is 4.13. The highest BCUT2D eigenvalue weighted by Crippen LogP contribution is 2.28. The third kappa shape index (κ3) is 3.82. The zero-order chi connectivity index (χ0) is 12.6. The average molecular weight is 259 g/mol. The van der Waals surface area contributed by atoms with E-state index in [1.807, 2.05) is 6.07 Å². The van der Waals surface area contributed by atoms with Crippen molar-refractivity contribution < 1.29 is 0 Å². The van der Waals surface area contributed by atoms with Gasteiger partial charge < -0.3 is 5.32 Å². The van der Waals surface area contributed by atoms with Crippen LogP contribution in [0.4, 0.5) is 0 Å². The molecule has 4 heteroatoms. The van der Waals surface area contributed by atoms with Gasteiger partial charge in [-0.15, -0.1) is 0 Å². The molecule has 2 rings (SSSR count). The van der Waals surface area contributed by atoms with Crippen LogP contribution in [0, 0.1) is 0 Å². The van der Waals surface area contributed by atoms with Crippen LogP contribution in [0.3, 0.4) is 0 Å². The molecule has 0 radical (unpaired) electrons. The molecule has 3 nitrogen and oxygen atoms in total. The van der Waals surface area contributed by atoms with Gasteiger partial charge in [-0.25, -0.2) is 9.97 Å². The fourth-order valence-electron chi connectivity index (χ4n) is 1.60. The molecule has 0 amide bonds. The average Bonchev–Trinajstić information content (AvgIpc) is 2.42. The molecule has 0 aliphatic rings. The lowest BCUT2D eigenvalue weighted by atomic mass is 10.2. The number of hydrogen-bond donors (Lipinski definition) is 1. The molecule has 0 aliphatic carbocycles. The van der Waals surface area contributed by atoms with Gasteiger partial charge in [0, 0.05) is 17.6 Å². The van der Waals surface area contributed by atoms with Crippen LogP contribution in [0.5, 0.6) is 0 Å². The smallest absolute Gasteiger partial charge is 0.116 e. The van der Waals surface area contributed by atoms with Crippen LogP contribution in [0.2, 0.25) is 0 Å². The molecule has 0 saturated carbocycles. The molecule has 1 aromatic heterocycles. The van der Waals surface area contributed by atoms with Gasteiger partial charge in [0.2, 0.25) is 0 Å². The Morgan fingerprint density at radius 3 is 2.89 bits per heavy atom. The van der Waals surface area contributed by atoms with E-state index in [0.717, 1.165) is 24.5 Å². The lowest BCUT2D eigenvalue weighted by molar-refractivity contribution is 0.669. The van der Waals surface area contributed by atoms with Gasteiger partial charge in [-0.05, 0) is 30.7 Å². The maximum Gasteiger partial charge on any atom is 0.116 e. The molecule has 2 aromatic rings. The standard InChI is InChI=1S/C14H17N3S/c1-2-8-15-10-12-5-3-4-6-13(12)18-14-7-9-16-11-17-14/h3-7,9,11,15H,2,8,10H2,1H3. The number of rotatable bonds is 6. The van der Waals surface area contributed by atoms with Crippen LogP contribution in [-0.2, 0) is 6.54 Å². The second-order valence-electron chi connectivity index (χ2n) is 3.93. The lowest BCUT2D eigenvalue weighted by Gasteiger charge is -2.09. The monoisotopic (exact) mass is 259 g/mol. The van der Waals surface area contributed by atoms with Crippen LogP contribution in [0.1, 0.15) is 18.9 Å². The Hall–Kier alpha value is -1.39. The lowest BCUT2D eigenvalue weighted by Crippen LogP contribution is -2.14. The number of hydrogen-bond acceptors (Lipinski definition) is 4. The van der Waals surface area contributed by atoms with Crippen LogP contribution in [0.15, 0.2) is 52.8 Å². The zero-order valence-electron chi connectivity index (χ0n) is 10.5. The summed E-state index contributed by atoms with van der Waals surface area (Å²) in [7, 11) is 0. The van der Waals surface area contributed by atoms with Gasteiger partial charge in [-0.1, -0.05) is 36.9 Å². The Balaban J connectivity index is 2.07. The van der Waals surface area contributed by atoms with E-state index in [4.69, 9.17) is 0 Å². The largest absolute Gasteiger partial charge is 0.313 e. The fraction of sp³-hybridized carbons (Fsp3) is 0.286. The highest BCUT2D eigenvalue weighted by molar-refractivity contribution is 7.99. The Labute approximate surface area is 112 Å². The van der Waals surface area contributed by atoms with Gasteiger partial charge >= 0.3 is 0 Å². The number of nitrogens with zero attached hydrogens (tertiary/aromatic N) is 2. The van der Waals surface area contributed by atoms with Crippen LogP contribution in [-0.4, -0.2) is 16.5 Å². The first-order chi connectivity index (χ1) is 8.90. The maximum absolute atomic E-state index is 4.24. The minimum absolute atomic E-state index is 0.905. The van der Waals surface area contributed by atoms with Gasteiger partial charge in [-0.3, -0.25) is 0 Å². The van der Waals surface area contributed by atoms with Crippen molar-refractivity contribution in [1.82, 2.24) is 15.3 Å². The van der Waals surface area contributed by atoms with Crippen molar-refractivity contribution in [1.29, 1.82) is 0 Å². The van der Waals surface area contributed by atoms with Gasteiger partial charge in [0.15, 0.2) is 0 Å². The van der Waals surface area contributed by atoms with E-state index >= 15 is 0 Å². The van der Waals surface area contributed by atoms with E-state index in [2.05, 4.69) is 46.5 Å². The molecule has 0 fully saturated rings. The molecule has 0 atom stereocenters. The van der Waals surface area contributed by atoms with Gasteiger partial charge in [0.25, 0.3) is 0 Å². The van der Waals surface area contributed by atoms with Crippen molar-refractivity contribution in [2.75, 3.05) is 6.54 Å². The van der Waals surface area contributed by atoms with Gasteiger partial charge in [0.1, 0.15) is 11.4 Å². The van der Waals surface area contributed by atoms with Crippen molar-refractivity contribution in [3.05, 3.63) is 48.4 Å². The Morgan fingerprint density at radius 1 is 1.22 bits per heavy atom. The molecular weight excluding hydrogens is 242 g/mol. The SMILES string of the molecule is CCCNCc1ccccc1Sc1ccncn1. The van der Waals surface area contributed by atoms with Crippen molar-refractivity contribution in [2.24, 2.45) is 0 Å². The summed E-state index contributed by atoms with van der Waals surface area (Å²) < 4.78 is 0. The normalized spacial score (nSPS) is 10.5. The maximum atomic E-state index is 4.24. The summed E-state index contributed by atoms with van der Waals surface area (Å²) in [6.07, 6.45) is 4.51. The van der Waals surface area contributed by atoms with Crippen molar-refractivity contribution in [3.63, 3.8) is 0 Å². The topological polar surface area (TPSA) is 37.8 Å². The highest BCUT2D eigenvalue weighted by Gasteiger charge is 2.04. The molecule has 0 unspecified atom stereocenters. The highest BCUT2D eigenvalue weighted by atomic mass is 32.2. The first-order valence-corrected chi connectivity index (χ1v) is 6.94. The van der Waals surface area contributed by atoms with E-state index in [0.29, 0.717) is 0 Å². The third-order valence-electron chi connectivity index (χ3n) is 2.48. The molecule has 0 saturated heterocycles. The van der Waals surface area contributed by atoms with E-state index in [1.54, 1.807) is 24.3 Å². The quantitative estimate of drug-likeness (QED) is 0.639. The molecule has 18 heavy (non-hydrogen) atoms. The Bertz CT molecular complexity index is 473. The van der Waals surface area contributed by atoms with E-state index < -0.39 is 0 Å². The molecule has 1 aromatic carbocycles. The molecule has 94 valence electrons. The van der Waals surface area contributed by atoms with E-state index in [-0.39, 0.29) is 0 Å². The molecule has 0 aliphatic heterocycles. The Morgan fingerprint density at radius 2 is 2.11 bits per heavy atom. The second-order valence-corrected chi connectivity index (χ2v) is 5.00. The molecular formula is C14H17N3S. The van der Waals surface area contributed by atoms with Gasteiger partial charge in [-0.2, -0.15) is 0 Å². The zero-order valence-corrected chi connectivity index (χ0v) is 11.3. The summed E-state index contributed by atoms with van der Waals surface area (Å²) in [5.41, 5.74) is 1.31. The molecule has 1 N–H and O–H groups in total. The number of benzene rings is 1. The Kier molecular flexibility index (Phi) is 5.17. The van der Waals surface area contributed by atoms with Crippen LogP contribution < -0.4 is 5.32 Å². The number of aromatic nitrogens is 2. The van der Waals surface area contributed by atoms with Crippen molar-refractivity contribution >= 4 is 11.8 Å². The third-order valence-corrected chi connectivity index (χ3v) is 3.55. The van der Waals surface area contributed by atoms with Gasteiger partial charge in [0.05, 0.1) is 0 Å². The first-order valence-electron chi connectivity index (χ1n) is 6.12. The van der Waals surface area contributed by atoms with E-state index in [9.17, 15) is 0 Å². The van der Waals surface area contributed by atoms with Crippen LogP contribution in [0.25, 0.3) is 0 Å². The minimum Gasteiger partial charge on any atom is -0.313 e.